The summed E-state index contributed by atoms with van der Waals surface area (Å²) in [6, 6.07) is 7.64. The fourth-order valence-corrected chi connectivity index (χ4v) is 2.17. The molecule has 0 saturated heterocycles. The predicted octanol–water partition coefficient (Wildman–Crippen LogP) is 0.769. The number of anilines is 1. The molecule has 3 rings (SSSR count). The summed E-state index contributed by atoms with van der Waals surface area (Å²) in [5.41, 5.74) is 7.31. The molecular formula is C14H15N5O2. The Kier molecular flexibility index (Phi) is 3.09. The normalized spacial score (nSPS) is 11.0. The molecule has 108 valence electrons. The van der Waals surface area contributed by atoms with E-state index in [9.17, 15) is 4.79 Å². The molecule has 7 heteroatoms. The fraction of sp³-hybridized carbons (Fsp3) is 0.214. The zero-order valence-corrected chi connectivity index (χ0v) is 11.8. The van der Waals surface area contributed by atoms with Crippen LogP contribution in [0.5, 0.6) is 5.75 Å². The Morgan fingerprint density at radius 3 is 2.67 bits per heavy atom. The van der Waals surface area contributed by atoms with Gasteiger partial charge in [-0.2, -0.15) is 4.98 Å². The summed E-state index contributed by atoms with van der Waals surface area (Å²) in [5, 5.41) is 0. The molecule has 1 aromatic carbocycles. The predicted molar refractivity (Wildman–Crippen MR) is 79.3 cm³/mol. The van der Waals surface area contributed by atoms with Crippen LogP contribution in [0.25, 0.3) is 11.2 Å². The minimum Gasteiger partial charge on any atom is -0.497 e. The number of imidazole rings is 1. The van der Waals surface area contributed by atoms with E-state index in [1.165, 1.54) is 4.57 Å². The number of fused-ring (bicyclic) bond motifs is 1. The van der Waals surface area contributed by atoms with Gasteiger partial charge in [0.2, 0.25) is 5.95 Å². The molecule has 2 heterocycles. The van der Waals surface area contributed by atoms with Crippen molar-refractivity contribution in [3.63, 3.8) is 0 Å². The van der Waals surface area contributed by atoms with Crippen LogP contribution in [-0.4, -0.2) is 26.2 Å². The minimum atomic E-state index is -0.205. The van der Waals surface area contributed by atoms with E-state index in [0.717, 1.165) is 11.3 Å². The number of hydrogen-bond donors (Lipinski definition) is 1. The van der Waals surface area contributed by atoms with Crippen molar-refractivity contribution in [1.82, 2.24) is 19.1 Å². The van der Waals surface area contributed by atoms with Gasteiger partial charge in [0.15, 0.2) is 11.2 Å². The van der Waals surface area contributed by atoms with Gasteiger partial charge < -0.3 is 15.0 Å². The zero-order valence-electron chi connectivity index (χ0n) is 11.8. The van der Waals surface area contributed by atoms with Crippen LogP contribution in [0.15, 0.2) is 35.4 Å². The van der Waals surface area contributed by atoms with Gasteiger partial charge in [-0.25, -0.2) is 4.98 Å². The third-order valence-electron chi connectivity index (χ3n) is 3.40. The average Bonchev–Trinajstić information content (AvgIpc) is 2.88. The molecule has 7 nitrogen and oxygen atoms in total. The first kappa shape index (κ1) is 13.2. The lowest BCUT2D eigenvalue weighted by atomic mass is 10.2. The van der Waals surface area contributed by atoms with Gasteiger partial charge in [-0.05, 0) is 17.7 Å². The van der Waals surface area contributed by atoms with E-state index in [0.29, 0.717) is 17.7 Å². The first-order valence-corrected chi connectivity index (χ1v) is 6.40. The van der Waals surface area contributed by atoms with Crippen LogP contribution in [0, 0.1) is 0 Å². The summed E-state index contributed by atoms with van der Waals surface area (Å²) >= 11 is 0. The first-order chi connectivity index (χ1) is 10.1. The highest BCUT2D eigenvalue weighted by atomic mass is 16.5. The summed E-state index contributed by atoms with van der Waals surface area (Å²) in [6.45, 7) is 0.529. The lowest BCUT2D eigenvalue weighted by molar-refractivity contribution is 0.414. The van der Waals surface area contributed by atoms with Gasteiger partial charge in [-0.3, -0.25) is 9.36 Å². The van der Waals surface area contributed by atoms with E-state index in [4.69, 9.17) is 10.5 Å². The summed E-state index contributed by atoms with van der Waals surface area (Å²) in [7, 11) is 3.22. The van der Waals surface area contributed by atoms with E-state index in [-0.39, 0.29) is 11.5 Å². The number of nitrogens with zero attached hydrogens (tertiary/aromatic N) is 4. The molecule has 2 N–H and O–H groups in total. The van der Waals surface area contributed by atoms with Gasteiger partial charge in [0, 0.05) is 13.6 Å². The highest BCUT2D eigenvalue weighted by Crippen LogP contribution is 2.14. The maximum atomic E-state index is 12.3. The van der Waals surface area contributed by atoms with Crippen molar-refractivity contribution < 1.29 is 4.74 Å². The molecular weight excluding hydrogens is 270 g/mol. The van der Waals surface area contributed by atoms with Crippen molar-refractivity contribution in [3.8, 4) is 5.75 Å². The Morgan fingerprint density at radius 1 is 1.29 bits per heavy atom. The second-order valence-corrected chi connectivity index (χ2v) is 4.73. The third kappa shape index (κ3) is 2.22. The van der Waals surface area contributed by atoms with Gasteiger partial charge >= 0.3 is 0 Å². The maximum Gasteiger partial charge on any atom is 0.280 e. The molecule has 3 aromatic rings. The number of aromatic nitrogens is 4. The Morgan fingerprint density at radius 2 is 2.00 bits per heavy atom. The number of rotatable bonds is 3. The highest BCUT2D eigenvalue weighted by Gasteiger charge is 2.12. The van der Waals surface area contributed by atoms with Gasteiger partial charge in [-0.1, -0.05) is 12.1 Å². The summed E-state index contributed by atoms with van der Waals surface area (Å²) in [5.74, 6) is 0.946. The molecule has 0 aliphatic heterocycles. The summed E-state index contributed by atoms with van der Waals surface area (Å²) in [4.78, 5) is 20.5. The zero-order chi connectivity index (χ0) is 15.0. The molecule has 2 aromatic heterocycles. The van der Waals surface area contributed by atoms with E-state index < -0.39 is 0 Å². The van der Waals surface area contributed by atoms with E-state index in [2.05, 4.69) is 9.97 Å². The van der Waals surface area contributed by atoms with Crippen LogP contribution < -0.4 is 16.0 Å². The molecule has 0 amide bonds. The van der Waals surface area contributed by atoms with Gasteiger partial charge in [0.25, 0.3) is 5.56 Å². The maximum absolute atomic E-state index is 12.3. The van der Waals surface area contributed by atoms with Crippen LogP contribution >= 0.6 is 0 Å². The van der Waals surface area contributed by atoms with Crippen LogP contribution in [0.3, 0.4) is 0 Å². The lowest BCUT2D eigenvalue weighted by Crippen LogP contribution is -2.23. The highest BCUT2D eigenvalue weighted by molar-refractivity contribution is 5.71. The van der Waals surface area contributed by atoms with Gasteiger partial charge in [0.05, 0.1) is 13.4 Å². The van der Waals surface area contributed by atoms with Gasteiger partial charge in [-0.15, -0.1) is 0 Å². The fourth-order valence-electron chi connectivity index (χ4n) is 2.17. The molecule has 0 spiro atoms. The van der Waals surface area contributed by atoms with E-state index in [1.54, 1.807) is 25.1 Å². The van der Waals surface area contributed by atoms with Crippen LogP contribution in [-0.2, 0) is 13.6 Å². The number of nitrogens with two attached hydrogens (primary N) is 1. The second kappa shape index (κ2) is 4.93. The Balaban J connectivity index is 2.04. The molecule has 0 radical (unpaired) electrons. The Labute approximate surface area is 120 Å². The quantitative estimate of drug-likeness (QED) is 0.768. The van der Waals surface area contributed by atoms with Crippen molar-refractivity contribution in [3.05, 3.63) is 46.5 Å². The van der Waals surface area contributed by atoms with Crippen LogP contribution in [0.4, 0.5) is 5.95 Å². The largest absolute Gasteiger partial charge is 0.497 e. The second-order valence-electron chi connectivity index (χ2n) is 4.73. The third-order valence-corrected chi connectivity index (χ3v) is 3.40. The van der Waals surface area contributed by atoms with Crippen LogP contribution in [0.2, 0.25) is 0 Å². The number of methoxy groups -OCH3 is 1. The van der Waals surface area contributed by atoms with Crippen molar-refractivity contribution in [2.45, 2.75) is 6.54 Å². The smallest absolute Gasteiger partial charge is 0.280 e. The number of ether oxygens (including phenoxy) is 1. The SMILES string of the molecule is COc1ccc(Cn2cnc3nc(N)n(C)c(=O)c32)cc1. The number of benzene rings is 1. The monoisotopic (exact) mass is 285 g/mol. The summed E-state index contributed by atoms with van der Waals surface area (Å²) in [6.07, 6.45) is 1.60. The molecule has 0 aliphatic rings. The minimum absolute atomic E-state index is 0.155. The molecule has 0 bridgehead atoms. The molecule has 0 fully saturated rings. The van der Waals surface area contributed by atoms with E-state index >= 15 is 0 Å². The molecule has 0 aliphatic carbocycles. The number of nitrogen functional groups attached to an aromatic ring is 1. The topological polar surface area (TPSA) is 88.0 Å². The lowest BCUT2D eigenvalue weighted by Gasteiger charge is -2.07. The number of hydrogen-bond acceptors (Lipinski definition) is 5. The molecule has 21 heavy (non-hydrogen) atoms. The molecule has 0 unspecified atom stereocenters. The van der Waals surface area contributed by atoms with Crippen molar-refractivity contribution in [2.24, 2.45) is 7.05 Å². The summed E-state index contributed by atoms with van der Waals surface area (Å²) < 4.78 is 8.21. The molecule has 0 saturated carbocycles. The van der Waals surface area contributed by atoms with Crippen molar-refractivity contribution in [1.29, 1.82) is 0 Å². The first-order valence-electron chi connectivity index (χ1n) is 6.40. The van der Waals surface area contributed by atoms with Gasteiger partial charge in [0.1, 0.15) is 5.75 Å². The van der Waals surface area contributed by atoms with Crippen LogP contribution in [0.1, 0.15) is 5.56 Å². The Bertz CT molecular complexity index is 848. The average molecular weight is 285 g/mol. The Hall–Kier alpha value is -2.83. The van der Waals surface area contributed by atoms with Crippen molar-refractivity contribution >= 4 is 17.1 Å². The molecule has 0 atom stereocenters. The standard InChI is InChI=1S/C14H15N5O2/c1-18-13(20)11-12(17-14(18)15)16-8-19(11)7-9-3-5-10(21-2)6-4-9/h3-6,8H,7H2,1-2H3,(H2,15,17). The van der Waals surface area contributed by atoms with E-state index in [1.807, 2.05) is 24.3 Å². The van der Waals surface area contributed by atoms with Crippen molar-refractivity contribution in [2.75, 3.05) is 12.8 Å².